The first-order valence-corrected chi connectivity index (χ1v) is 8.88. The molecule has 1 unspecified atom stereocenters. The van der Waals surface area contributed by atoms with Crippen molar-refractivity contribution in [3.63, 3.8) is 0 Å². The third-order valence-corrected chi connectivity index (χ3v) is 5.05. The number of rotatable bonds is 9. The lowest BCUT2D eigenvalue weighted by Gasteiger charge is -2.21. The van der Waals surface area contributed by atoms with E-state index in [9.17, 15) is 8.42 Å². The topological polar surface area (TPSA) is 61.4 Å². The average molecular weight is 334 g/mol. The van der Waals surface area contributed by atoms with Crippen LogP contribution in [-0.2, 0) is 10.2 Å². The quantitative estimate of drug-likeness (QED) is 0.681. The van der Waals surface area contributed by atoms with Gasteiger partial charge >= 0.3 is 0 Å². The van der Waals surface area contributed by atoms with Gasteiger partial charge in [0.2, 0.25) is 0 Å². The second-order valence-electron chi connectivity index (χ2n) is 4.93. The Labute approximate surface area is 132 Å². The van der Waals surface area contributed by atoms with Crippen LogP contribution in [0.1, 0.15) is 31.9 Å². The van der Waals surface area contributed by atoms with Crippen LogP contribution in [0.2, 0.25) is 5.02 Å². The fourth-order valence-corrected chi connectivity index (χ4v) is 3.21. The maximum atomic E-state index is 12.2. The zero-order valence-corrected chi connectivity index (χ0v) is 14.3. The van der Waals surface area contributed by atoms with Crippen molar-refractivity contribution in [2.75, 3.05) is 26.7 Å². The van der Waals surface area contributed by atoms with Gasteiger partial charge in [-0.15, -0.1) is 0 Å². The molecule has 5 nitrogen and oxygen atoms in total. The molecule has 0 aliphatic carbocycles. The molecule has 7 heteroatoms. The van der Waals surface area contributed by atoms with E-state index in [0.29, 0.717) is 11.6 Å². The molecule has 2 N–H and O–H groups in total. The van der Waals surface area contributed by atoms with E-state index in [2.05, 4.69) is 10.0 Å². The van der Waals surface area contributed by atoms with Crippen molar-refractivity contribution in [1.29, 1.82) is 0 Å². The SMILES string of the molecule is CCNCCCN(C)S(=O)(=O)NC(C)c1cccc(Cl)c1. The number of nitrogens with one attached hydrogen (secondary N) is 2. The fraction of sp³-hybridized carbons (Fsp3) is 0.571. The molecule has 120 valence electrons. The molecule has 1 aromatic rings. The van der Waals surface area contributed by atoms with Crippen molar-refractivity contribution in [3.8, 4) is 0 Å². The first-order chi connectivity index (χ1) is 9.86. The number of nitrogens with zero attached hydrogens (tertiary/aromatic N) is 1. The minimum absolute atomic E-state index is 0.329. The van der Waals surface area contributed by atoms with Crippen LogP contribution in [0, 0.1) is 0 Å². The minimum Gasteiger partial charge on any atom is -0.317 e. The summed E-state index contributed by atoms with van der Waals surface area (Å²) in [5, 5.41) is 3.77. The molecule has 0 radical (unpaired) electrons. The van der Waals surface area contributed by atoms with Crippen molar-refractivity contribution in [1.82, 2.24) is 14.3 Å². The fourth-order valence-electron chi connectivity index (χ4n) is 1.88. The van der Waals surface area contributed by atoms with Gasteiger partial charge in [-0.05, 0) is 44.1 Å². The van der Waals surface area contributed by atoms with Gasteiger partial charge in [0.05, 0.1) is 0 Å². The van der Waals surface area contributed by atoms with E-state index in [1.807, 2.05) is 19.1 Å². The predicted octanol–water partition coefficient (Wildman–Crippen LogP) is 2.17. The highest BCUT2D eigenvalue weighted by Gasteiger charge is 2.20. The number of hydrogen-bond donors (Lipinski definition) is 2. The standard InChI is InChI=1S/C14H24ClN3O2S/c1-4-16-9-6-10-18(3)21(19,20)17-12(2)13-7-5-8-14(15)11-13/h5,7-8,11-12,16-17H,4,6,9-10H2,1-3H3. The normalized spacial score (nSPS) is 13.6. The van der Waals surface area contributed by atoms with E-state index >= 15 is 0 Å². The van der Waals surface area contributed by atoms with E-state index in [0.717, 1.165) is 25.1 Å². The van der Waals surface area contributed by atoms with Gasteiger partial charge in [-0.3, -0.25) is 0 Å². The highest BCUT2D eigenvalue weighted by atomic mass is 35.5. The lowest BCUT2D eigenvalue weighted by Crippen LogP contribution is -2.40. The van der Waals surface area contributed by atoms with Gasteiger partial charge < -0.3 is 5.32 Å². The second-order valence-corrected chi connectivity index (χ2v) is 7.17. The molecule has 1 rings (SSSR count). The maximum Gasteiger partial charge on any atom is 0.279 e. The summed E-state index contributed by atoms with van der Waals surface area (Å²) in [5.74, 6) is 0. The van der Waals surface area contributed by atoms with Crippen LogP contribution in [0.5, 0.6) is 0 Å². The van der Waals surface area contributed by atoms with Crippen molar-refractivity contribution in [2.24, 2.45) is 0 Å². The van der Waals surface area contributed by atoms with Gasteiger partial charge in [-0.1, -0.05) is 30.7 Å². The Balaban J connectivity index is 2.58. The smallest absolute Gasteiger partial charge is 0.279 e. The number of benzene rings is 1. The molecule has 0 spiro atoms. The van der Waals surface area contributed by atoms with Crippen LogP contribution in [0.25, 0.3) is 0 Å². The van der Waals surface area contributed by atoms with Crippen LogP contribution >= 0.6 is 11.6 Å². The van der Waals surface area contributed by atoms with E-state index in [1.165, 1.54) is 4.31 Å². The molecule has 0 saturated carbocycles. The number of halogens is 1. The molecule has 1 aromatic carbocycles. The van der Waals surface area contributed by atoms with Crippen molar-refractivity contribution < 1.29 is 8.42 Å². The molecule has 1 atom stereocenters. The minimum atomic E-state index is -3.50. The summed E-state index contributed by atoms with van der Waals surface area (Å²) in [6.45, 7) is 6.00. The Morgan fingerprint density at radius 1 is 1.38 bits per heavy atom. The Morgan fingerprint density at radius 3 is 2.71 bits per heavy atom. The summed E-state index contributed by atoms with van der Waals surface area (Å²) in [4.78, 5) is 0. The second kappa shape index (κ2) is 8.70. The molecule has 0 heterocycles. The zero-order chi connectivity index (χ0) is 15.9. The molecule has 21 heavy (non-hydrogen) atoms. The molecular formula is C14H24ClN3O2S. The van der Waals surface area contributed by atoms with Crippen LogP contribution in [0.4, 0.5) is 0 Å². The molecule has 0 aromatic heterocycles. The predicted molar refractivity (Wildman–Crippen MR) is 87.7 cm³/mol. The van der Waals surface area contributed by atoms with E-state index in [4.69, 9.17) is 11.6 Å². The lowest BCUT2D eigenvalue weighted by atomic mass is 10.1. The van der Waals surface area contributed by atoms with E-state index < -0.39 is 10.2 Å². The third-order valence-electron chi connectivity index (χ3n) is 3.16. The van der Waals surface area contributed by atoms with Crippen molar-refractivity contribution in [2.45, 2.75) is 26.3 Å². The summed E-state index contributed by atoms with van der Waals surface area (Å²) in [6, 6.07) is 6.86. The molecule has 0 amide bonds. The molecule has 0 saturated heterocycles. The maximum absolute atomic E-state index is 12.2. The van der Waals surface area contributed by atoms with E-state index in [1.54, 1.807) is 26.1 Å². The van der Waals surface area contributed by atoms with Gasteiger partial charge in [0.25, 0.3) is 10.2 Å². The average Bonchev–Trinajstić information content (AvgIpc) is 2.42. The Kier molecular flexibility index (Phi) is 7.62. The van der Waals surface area contributed by atoms with Gasteiger partial charge in [0, 0.05) is 24.7 Å². The van der Waals surface area contributed by atoms with Crippen LogP contribution in [0.3, 0.4) is 0 Å². The Hall–Kier alpha value is -0.660. The van der Waals surface area contributed by atoms with Crippen LogP contribution in [-0.4, -0.2) is 39.4 Å². The van der Waals surface area contributed by atoms with Crippen LogP contribution in [0.15, 0.2) is 24.3 Å². The Bertz CT molecular complexity index is 537. The number of hydrogen-bond acceptors (Lipinski definition) is 3. The Morgan fingerprint density at radius 2 is 2.10 bits per heavy atom. The highest BCUT2D eigenvalue weighted by molar-refractivity contribution is 7.87. The summed E-state index contributed by atoms with van der Waals surface area (Å²) in [7, 11) is -1.91. The molecule has 0 aliphatic rings. The van der Waals surface area contributed by atoms with Gasteiger partial charge in [-0.25, -0.2) is 0 Å². The summed E-state index contributed by atoms with van der Waals surface area (Å²) >= 11 is 5.93. The summed E-state index contributed by atoms with van der Waals surface area (Å²) in [6.07, 6.45) is 0.775. The first kappa shape index (κ1) is 18.4. The summed E-state index contributed by atoms with van der Waals surface area (Å²) in [5.41, 5.74) is 0.840. The largest absolute Gasteiger partial charge is 0.317 e. The molecule has 0 bridgehead atoms. The van der Waals surface area contributed by atoms with Crippen molar-refractivity contribution >= 4 is 21.8 Å². The molecular weight excluding hydrogens is 310 g/mol. The van der Waals surface area contributed by atoms with E-state index in [-0.39, 0.29) is 6.04 Å². The summed E-state index contributed by atoms with van der Waals surface area (Å²) < 4.78 is 28.4. The monoisotopic (exact) mass is 333 g/mol. The highest BCUT2D eigenvalue weighted by Crippen LogP contribution is 2.18. The first-order valence-electron chi connectivity index (χ1n) is 7.06. The molecule has 0 fully saturated rings. The zero-order valence-electron chi connectivity index (χ0n) is 12.8. The third kappa shape index (κ3) is 6.32. The molecule has 0 aliphatic heterocycles. The van der Waals surface area contributed by atoms with Gasteiger partial charge in [0.1, 0.15) is 0 Å². The van der Waals surface area contributed by atoms with Crippen molar-refractivity contribution in [3.05, 3.63) is 34.9 Å². The van der Waals surface area contributed by atoms with Gasteiger partial charge in [0.15, 0.2) is 0 Å². The lowest BCUT2D eigenvalue weighted by molar-refractivity contribution is 0.439. The van der Waals surface area contributed by atoms with Crippen LogP contribution < -0.4 is 10.0 Å². The van der Waals surface area contributed by atoms with Gasteiger partial charge in [-0.2, -0.15) is 17.4 Å².